The van der Waals surface area contributed by atoms with Crippen molar-refractivity contribution in [3.8, 4) is 5.75 Å². The summed E-state index contributed by atoms with van der Waals surface area (Å²) >= 11 is 0. The van der Waals surface area contributed by atoms with Gasteiger partial charge in [-0.2, -0.15) is 0 Å². The Morgan fingerprint density at radius 1 is 1.19 bits per heavy atom. The molecule has 1 fully saturated rings. The zero-order valence-electron chi connectivity index (χ0n) is 18.4. The lowest BCUT2D eigenvalue weighted by Crippen LogP contribution is -2.46. The molecule has 1 heterocycles. The molecule has 0 radical (unpaired) electrons. The highest BCUT2D eigenvalue weighted by molar-refractivity contribution is 14.0. The normalized spacial score (nSPS) is 15.7. The molecular formula is C23H31FIN5O2. The Balaban J connectivity index is 0.00000363. The molecule has 7 nitrogen and oxygen atoms in total. The number of amides is 1. The lowest BCUT2D eigenvalue weighted by Gasteiger charge is -2.22. The van der Waals surface area contributed by atoms with Gasteiger partial charge in [0.05, 0.1) is 19.2 Å². The van der Waals surface area contributed by atoms with Crippen molar-refractivity contribution in [1.29, 1.82) is 0 Å². The van der Waals surface area contributed by atoms with Crippen LogP contribution in [0.15, 0.2) is 53.5 Å². The van der Waals surface area contributed by atoms with E-state index in [4.69, 9.17) is 4.74 Å². The molecule has 3 N–H and O–H groups in total. The molecule has 2 aromatic rings. The van der Waals surface area contributed by atoms with E-state index in [9.17, 15) is 9.18 Å². The fourth-order valence-corrected chi connectivity index (χ4v) is 3.65. The molecule has 2 aromatic carbocycles. The van der Waals surface area contributed by atoms with Crippen molar-refractivity contribution in [3.05, 3.63) is 59.9 Å². The molecule has 1 aliphatic heterocycles. The van der Waals surface area contributed by atoms with Gasteiger partial charge in [0, 0.05) is 39.3 Å². The number of carbonyl (C=O) groups excluding carboxylic acids is 1. The van der Waals surface area contributed by atoms with Crippen molar-refractivity contribution < 1.29 is 13.9 Å². The van der Waals surface area contributed by atoms with E-state index >= 15 is 0 Å². The first-order chi connectivity index (χ1) is 15.1. The topological polar surface area (TPSA) is 78.0 Å². The number of hydrogen-bond acceptors (Lipinski definition) is 4. The van der Waals surface area contributed by atoms with E-state index in [0.29, 0.717) is 24.6 Å². The largest absolute Gasteiger partial charge is 0.495 e. The second kappa shape index (κ2) is 13.1. The standard InChI is InChI=1S/C23H30FN5O2.HI/c1-25-23(27-12-11-26-22(30)15-17-6-5-7-18(24)14-17)28-19-10-13-29(16-19)20-8-3-4-9-21(20)31-2;/h3-9,14,19H,10-13,15-16H2,1-2H3,(H,26,30)(H2,25,27,28);1H. The number of carbonyl (C=O) groups is 1. The number of halogens is 2. The van der Waals surface area contributed by atoms with Crippen LogP contribution in [0.5, 0.6) is 5.75 Å². The second-order valence-electron chi connectivity index (χ2n) is 7.40. The smallest absolute Gasteiger partial charge is 0.224 e. The number of nitrogens with zero attached hydrogens (tertiary/aromatic N) is 2. The number of methoxy groups -OCH3 is 1. The van der Waals surface area contributed by atoms with Gasteiger partial charge in [-0.15, -0.1) is 24.0 Å². The molecule has 0 spiro atoms. The van der Waals surface area contributed by atoms with Gasteiger partial charge in [0.1, 0.15) is 11.6 Å². The number of hydrogen-bond donors (Lipinski definition) is 3. The summed E-state index contributed by atoms with van der Waals surface area (Å²) in [4.78, 5) is 18.6. The SMILES string of the molecule is CN=C(NCCNC(=O)Cc1cccc(F)c1)NC1CCN(c2ccccc2OC)C1.I. The van der Waals surface area contributed by atoms with Crippen molar-refractivity contribution >= 4 is 41.5 Å². The molecule has 0 aliphatic carbocycles. The Labute approximate surface area is 205 Å². The number of ether oxygens (including phenoxy) is 1. The van der Waals surface area contributed by atoms with Crippen molar-refractivity contribution in [2.75, 3.05) is 45.2 Å². The van der Waals surface area contributed by atoms with E-state index in [0.717, 1.165) is 30.9 Å². The van der Waals surface area contributed by atoms with E-state index in [1.54, 1.807) is 26.3 Å². The van der Waals surface area contributed by atoms with Gasteiger partial charge in [-0.25, -0.2) is 4.39 Å². The van der Waals surface area contributed by atoms with Crippen molar-refractivity contribution in [3.63, 3.8) is 0 Å². The van der Waals surface area contributed by atoms with Gasteiger partial charge in [-0.3, -0.25) is 9.79 Å². The van der Waals surface area contributed by atoms with E-state index in [1.165, 1.54) is 12.1 Å². The van der Waals surface area contributed by atoms with E-state index in [-0.39, 0.29) is 48.2 Å². The molecule has 174 valence electrons. The Bertz CT molecular complexity index is 911. The molecule has 1 unspecified atom stereocenters. The van der Waals surface area contributed by atoms with Crippen LogP contribution in [0.25, 0.3) is 0 Å². The highest BCUT2D eigenvalue weighted by atomic mass is 127. The average molecular weight is 555 g/mol. The van der Waals surface area contributed by atoms with Gasteiger partial charge in [0.2, 0.25) is 5.91 Å². The number of benzene rings is 2. The van der Waals surface area contributed by atoms with Crippen LogP contribution < -0.4 is 25.6 Å². The molecule has 32 heavy (non-hydrogen) atoms. The van der Waals surface area contributed by atoms with Gasteiger partial charge in [-0.1, -0.05) is 24.3 Å². The first-order valence-corrected chi connectivity index (χ1v) is 10.5. The van der Waals surface area contributed by atoms with Crippen LogP contribution in [0, 0.1) is 5.82 Å². The van der Waals surface area contributed by atoms with Crippen LogP contribution in [0.2, 0.25) is 0 Å². The Kier molecular flexibility index (Phi) is 10.5. The maximum atomic E-state index is 13.2. The zero-order valence-corrected chi connectivity index (χ0v) is 20.8. The van der Waals surface area contributed by atoms with Gasteiger partial charge in [0.25, 0.3) is 0 Å². The van der Waals surface area contributed by atoms with Gasteiger partial charge in [0.15, 0.2) is 5.96 Å². The predicted octanol–water partition coefficient (Wildman–Crippen LogP) is 2.55. The first-order valence-electron chi connectivity index (χ1n) is 10.5. The quantitative estimate of drug-likeness (QED) is 0.202. The number of anilines is 1. The Morgan fingerprint density at radius 2 is 1.97 bits per heavy atom. The third kappa shape index (κ3) is 7.54. The van der Waals surface area contributed by atoms with Crippen molar-refractivity contribution in [2.24, 2.45) is 4.99 Å². The summed E-state index contributed by atoms with van der Waals surface area (Å²) in [6.07, 6.45) is 1.15. The Hall–Kier alpha value is -2.56. The highest BCUT2D eigenvalue weighted by Crippen LogP contribution is 2.30. The lowest BCUT2D eigenvalue weighted by atomic mass is 10.1. The van der Waals surface area contributed by atoms with Crippen LogP contribution in [-0.4, -0.2) is 58.2 Å². The molecule has 1 saturated heterocycles. The summed E-state index contributed by atoms with van der Waals surface area (Å²) in [5.74, 6) is 1.10. The number of rotatable bonds is 8. The summed E-state index contributed by atoms with van der Waals surface area (Å²) in [6.45, 7) is 2.78. The van der Waals surface area contributed by atoms with Gasteiger partial charge >= 0.3 is 0 Å². The third-order valence-electron chi connectivity index (χ3n) is 5.17. The van der Waals surface area contributed by atoms with Crippen molar-refractivity contribution in [1.82, 2.24) is 16.0 Å². The first kappa shape index (κ1) is 25.7. The maximum Gasteiger partial charge on any atom is 0.224 e. The molecule has 0 aromatic heterocycles. The van der Waals surface area contributed by atoms with Crippen LogP contribution >= 0.6 is 24.0 Å². The molecule has 0 bridgehead atoms. The Morgan fingerprint density at radius 3 is 2.72 bits per heavy atom. The highest BCUT2D eigenvalue weighted by Gasteiger charge is 2.25. The number of para-hydroxylation sites is 2. The molecule has 3 rings (SSSR count). The minimum absolute atomic E-state index is 0. The van der Waals surface area contributed by atoms with Crippen LogP contribution in [0.4, 0.5) is 10.1 Å². The maximum absolute atomic E-state index is 13.2. The second-order valence-corrected chi connectivity index (χ2v) is 7.40. The number of guanidine groups is 1. The fraction of sp³-hybridized carbons (Fsp3) is 0.391. The molecular weight excluding hydrogens is 524 g/mol. The van der Waals surface area contributed by atoms with Crippen molar-refractivity contribution in [2.45, 2.75) is 18.9 Å². The van der Waals surface area contributed by atoms with Crippen LogP contribution in [-0.2, 0) is 11.2 Å². The minimum Gasteiger partial charge on any atom is -0.495 e. The summed E-state index contributed by atoms with van der Waals surface area (Å²) in [7, 11) is 3.41. The summed E-state index contributed by atoms with van der Waals surface area (Å²) < 4.78 is 18.7. The summed E-state index contributed by atoms with van der Waals surface area (Å²) in [5.41, 5.74) is 1.75. The van der Waals surface area contributed by atoms with Gasteiger partial charge < -0.3 is 25.6 Å². The average Bonchev–Trinajstić information content (AvgIpc) is 3.24. The minimum atomic E-state index is -0.335. The summed E-state index contributed by atoms with van der Waals surface area (Å²) in [5, 5.41) is 9.50. The zero-order chi connectivity index (χ0) is 22.1. The fourth-order valence-electron chi connectivity index (χ4n) is 3.65. The van der Waals surface area contributed by atoms with E-state index < -0.39 is 0 Å². The number of aliphatic imine (C=N–C) groups is 1. The monoisotopic (exact) mass is 555 g/mol. The predicted molar refractivity (Wildman–Crippen MR) is 137 cm³/mol. The molecule has 9 heteroatoms. The lowest BCUT2D eigenvalue weighted by molar-refractivity contribution is -0.120. The third-order valence-corrected chi connectivity index (χ3v) is 5.17. The van der Waals surface area contributed by atoms with Crippen LogP contribution in [0.3, 0.4) is 0 Å². The molecule has 1 amide bonds. The molecule has 0 saturated carbocycles. The van der Waals surface area contributed by atoms with E-state index in [2.05, 4.69) is 31.9 Å². The van der Waals surface area contributed by atoms with E-state index in [1.807, 2.05) is 18.2 Å². The number of nitrogens with one attached hydrogen (secondary N) is 3. The summed E-state index contributed by atoms with van der Waals surface area (Å²) in [6, 6.07) is 14.4. The molecule has 1 aliphatic rings. The van der Waals surface area contributed by atoms with Crippen LogP contribution in [0.1, 0.15) is 12.0 Å². The molecule has 1 atom stereocenters. The van der Waals surface area contributed by atoms with Gasteiger partial charge in [-0.05, 0) is 36.2 Å².